The van der Waals surface area contributed by atoms with Crippen molar-refractivity contribution in [1.29, 1.82) is 0 Å². The molecule has 0 spiro atoms. The number of likely N-dealkylation sites (tertiary alicyclic amines) is 1. The lowest BCUT2D eigenvalue weighted by molar-refractivity contribution is -0.133. The Morgan fingerprint density at radius 3 is 2.56 bits per heavy atom. The highest BCUT2D eigenvalue weighted by molar-refractivity contribution is 5.82. The molecule has 1 aromatic carbocycles. The smallest absolute Gasteiger partial charge is 0.264 e. The zero-order valence-electron chi connectivity index (χ0n) is 14.9. The van der Waals surface area contributed by atoms with E-state index in [4.69, 9.17) is 9.47 Å². The number of amides is 2. The molecule has 136 valence electrons. The first-order valence-corrected chi connectivity index (χ1v) is 8.99. The van der Waals surface area contributed by atoms with Gasteiger partial charge in [0.15, 0.2) is 11.5 Å². The summed E-state index contributed by atoms with van der Waals surface area (Å²) in [5.41, 5.74) is 0. The Morgan fingerprint density at radius 1 is 1.20 bits per heavy atom. The third-order valence-electron chi connectivity index (χ3n) is 4.58. The molecule has 1 N–H and O–H groups in total. The highest BCUT2D eigenvalue weighted by Crippen LogP contribution is 2.31. The molecule has 0 unspecified atom stereocenters. The van der Waals surface area contributed by atoms with Crippen LogP contribution in [0.2, 0.25) is 0 Å². The van der Waals surface area contributed by atoms with Gasteiger partial charge >= 0.3 is 0 Å². The Hall–Kier alpha value is -2.24. The van der Waals surface area contributed by atoms with Crippen LogP contribution in [0.3, 0.4) is 0 Å². The molecule has 0 aliphatic carbocycles. The molecule has 0 radical (unpaired) electrons. The summed E-state index contributed by atoms with van der Waals surface area (Å²) in [7, 11) is 0. The summed E-state index contributed by atoms with van der Waals surface area (Å²) < 4.78 is 11.3. The number of hydrogen-bond acceptors (Lipinski definition) is 4. The molecular weight excluding hydrogens is 320 g/mol. The maximum Gasteiger partial charge on any atom is 0.264 e. The Bertz CT molecular complexity index is 624. The Labute approximate surface area is 148 Å². The second kappa shape index (κ2) is 7.76. The van der Waals surface area contributed by atoms with E-state index in [1.807, 2.05) is 23.1 Å². The molecule has 3 rings (SSSR count). The number of para-hydroxylation sites is 2. The first-order valence-electron chi connectivity index (χ1n) is 8.99. The van der Waals surface area contributed by atoms with Crippen LogP contribution in [-0.4, -0.2) is 48.6 Å². The standard InChI is InChI=1S/C19H26N2O4/c1-13(2)11-18(22)21-9-7-14(8-10-21)20-19(23)17-12-24-15-5-3-4-6-16(15)25-17/h3-6,13-14,17H,7-12H2,1-2H3,(H,20,23)/t17-/m1/s1. The fourth-order valence-electron chi connectivity index (χ4n) is 3.19. The van der Waals surface area contributed by atoms with Gasteiger partial charge < -0.3 is 19.7 Å². The van der Waals surface area contributed by atoms with Gasteiger partial charge in [-0.1, -0.05) is 26.0 Å². The number of carbonyl (C=O) groups excluding carboxylic acids is 2. The lowest BCUT2D eigenvalue weighted by Crippen LogP contribution is -2.51. The molecule has 1 saturated heterocycles. The van der Waals surface area contributed by atoms with Crippen molar-refractivity contribution in [2.75, 3.05) is 19.7 Å². The van der Waals surface area contributed by atoms with Gasteiger partial charge in [-0.3, -0.25) is 9.59 Å². The van der Waals surface area contributed by atoms with Gasteiger partial charge in [-0.25, -0.2) is 0 Å². The second-order valence-electron chi connectivity index (χ2n) is 7.13. The minimum Gasteiger partial charge on any atom is -0.485 e. The van der Waals surface area contributed by atoms with Crippen molar-refractivity contribution in [1.82, 2.24) is 10.2 Å². The normalized spacial score (nSPS) is 20.4. The van der Waals surface area contributed by atoms with Gasteiger partial charge in [-0.2, -0.15) is 0 Å². The molecule has 0 aromatic heterocycles. The zero-order chi connectivity index (χ0) is 17.8. The van der Waals surface area contributed by atoms with Crippen molar-refractivity contribution in [3.05, 3.63) is 24.3 Å². The van der Waals surface area contributed by atoms with Gasteiger partial charge in [-0.05, 0) is 30.9 Å². The van der Waals surface area contributed by atoms with Crippen molar-refractivity contribution in [3.63, 3.8) is 0 Å². The molecule has 25 heavy (non-hydrogen) atoms. The molecule has 2 aliphatic heterocycles. The van der Waals surface area contributed by atoms with Gasteiger partial charge in [-0.15, -0.1) is 0 Å². The molecule has 2 aliphatic rings. The average Bonchev–Trinajstić information content (AvgIpc) is 2.61. The zero-order valence-corrected chi connectivity index (χ0v) is 14.9. The maximum atomic E-state index is 12.4. The van der Waals surface area contributed by atoms with Crippen LogP contribution in [0.25, 0.3) is 0 Å². The number of nitrogens with one attached hydrogen (secondary N) is 1. The van der Waals surface area contributed by atoms with E-state index in [0.717, 1.165) is 12.8 Å². The lowest BCUT2D eigenvalue weighted by Gasteiger charge is -2.34. The summed E-state index contributed by atoms with van der Waals surface area (Å²) in [4.78, 5) is 26.4. The largest absolute Gasteiger partial charge is 0.485 e. The van der Waals surface area contributed by atoms with Crippen molar-refractivity contribution in [2.24, 2.45) is 5.92 Å². The third-order valence-corrected chi connectivity index (χ3v) is 4.58. The minimum atomic E-state index is -0.629. The summed E-state index contributed by atoms with van der Waals surface area (Å²) in [6, 6.07) is 7.43. The number of rotatable bonds is 4. The predicted molar refractivity (Wildman–Crippen MR) is 93.6 cm³/mol. The summed E-state index contributed by atoms with van der Waals surface area (Å²) in [6.07, 6.45) is 1.51. The number of ether oxygens (including phenoxy) is 2. The van der Waals surface area contributed by atoms with E-state index in [2.05, 4.69) is 19.2 Å². The molecule has 0 bridgehead atoms. The minimum absolute atomic E-state index is 0.0800. The number of hydrogen-bond donors (Lipinski definition) is 1. The van der Waals surface area contributed by atoms with E-state index < -0.39 is 6.10 Å². The summed E-state index contributed by atoms with van der Waals surface area (Å²) >= 11 is 0. The van der Waals surface area contributed by atoms with Gasteiger partial charge in [0.2, 0.25) is 12.0 Å². The first kappa shape index (κ1) is 17.6. The molecule has 1 fully saturated rings. The SMILES string of the molecule is CC(C)CC(=O)N1CCC(NC(=O)[C@H]2COc3ccccc3O2)CC1. The fourth-order valence-corrected chi connectivity index (χ4v) is 3.19. The number of carbonyl (C=O) groups is 2. The monoisotopic (exact) mass is 346 g/mol. The van der Waals surface area contributed by atoms with E-state index in [1.165, 1.54) is 0 Å². The van der Waals surface area contributed by atoms with Crippen LogP contribution in [0, 0.1) is 5.92 Å². The summed E-state index contributed by atoms with van der Waals surface area (Å²) in [5, 5.41) is 3.04. The van der Waals surface area contributed by atoms with Crippen molar-refractivity contribution in [2.45, 2.75) is 45.3 Å². The van der Waals surface area contributed by atoms with E-state index in [0.29, 0.717) is 36.9 Å². The van der Waals surface area contributed by atoms with Crippen LogP contribution in [0.5, 0.6) is 11.5 Å². The first-order chi connectivity index (χ1) is 12.0. The number of benzene rings is 1. The summed E-state index contributed by atoms with van der Waals surface area (Å²) in [6.45, 7) is 5.71. The van der Waals surface area contributed by atoms with E-state index in [9.17, 15) is 9.59 Å². The molecule has 1 atom stereocenters. The topological polar surface area (TPSA) is 67.9 Å². The number of nitrogens with zero attached hydrogens (tertiary/aromatic N) is 1. The van der Waals surface area contributed by atoms with Gasteiger partial charge in [0.05, 0.1) is 0 Å². The quantitative estimate of drug-likeness (QED) is 0.905. The van der Waals surface area contributed by atoms with Crippen LogP contribution >= 0.6 is 0 Å². The third kappa shape index (κ3) is 4.44. The fraction of sp³-hybridized carbons (Fsp3) is 0.579. The highest BCUT2D eigenvalue weighted by atomic mass is 16.6. The second-order valence-corrected chi connectivity index (χ2v) is 7.13. The number of piperidine rings is 1. The van der Waals surface area contributed by atoms with Gasteiger partial charge in [0.25, 0.3) is 5.91 Å². The van der Waals surface area contributed by atoms with Crippen LogP contribution in [0.1, 0.15) is 33.1 Å². The van der Waals surface area contributed by atoms with E-state index >= 15 is 0 Å². The molecule has 6 heteroatoms. The molecule has 1 aromatic rings. The Kier molecular flexibility index (Phi) is 5.46. The van der Waals surface area contributed by atoms with Crippen LogP contribution in [0.4, 0.5) is 0 Å². The number of fused-ring (bicyclic) bond motifs is 1. The van der Waals surface area contributed by atoms with E-state index in [-0.39, 0.29) is 24.5 Å². The molecular formula is C19H26N2O4. The Morgan fingerprint density at radius 2 is 1.88 bits per heavy atom. The van der Waals surface area contributed by atoms with Crippen LogP contribution in [-0.2, 0) is 9.59 Å². The maximum absolute atomic E-state index is 12.4. The van der Waals surface area contributed by atoms with Crippen LogP contribution < -0.4 is 14.8 Å². The van der Waals surface area contributed by atoms with Gasteiger partial charge in [0, 0.05) is 25.6 Å². The molecule has 2 amide bonds. The predicted octanol–water partition coefficient (Wildman–Crippen LogP) is 1.98. The molecule has 2 heterocycles. The van der Waals surface area contributed by atoms with Gasteiger partial charge in [0.1, 0.15) is 6.61 Å². The van der Waals surface area contributed by atoms with Crippen molar-refractivity contribution in [3.8, 4) is 11.5 Å². The molecule has 0 saturated carbocycles. The van der Waals surface area contributed by atoms with Crippen molar-refractivity contribution >= 4 is 11.8 Å². The van der Waals surface area contributed by atoms with Crippen molar-refractivity contribution < 1.29 is 19.1 Å². The Balaban J connectivity index is 1.46. The highest BCUT2D eigenvalue weighted by Gasteiger charge is 2.30. The van der Waals surface area contributed by atoms with Crippen LogP contribution in [0.15, 0.2) is 24.3 Å². The molecule has 6 nitrogen and oxygen atoms in total. The summed E-state index contributed by atoms with van der Waals surface area (Å²) in [5.74, 6) is 1.70. The lowest BCUT2D eigenvalue weighted by atomic mass is 10.0. The average molecular weight is 346 g/mol. The van der Waals surface area contributed by atoms with E-state index in [1.54, 1.807) is 6.07 Å².